The Kier molecular flexibility index (Phi) is 15.1. The van der Waals surface area contributed by atoms with Crippen LogP contribution in [0.4, 0.5) is 50.4 Å². The van der Waals surface area contributed by atoms with Gasteiger partial charge in [0.25, 0.3) is 0 Å². The zero-order valence-corrected chi connectivity index (χ0v) is 27.3. The number of ether oxygens (including phenoxy) is 1. The first kappa shape index (κ1) is 42.8. The van der Waals surface area contributed by atoms with E-state index in [1.807, 2.05) is 27.7 Å². The van der Waals surface area contributed by atoms with Crippen molar-refractivity contribution < 1.29 is 54.6 Å². The molecule has 0 bridgehead atoms. The smallest absolute Gasteiger partial charge is 0.407 e. The van der Waals surface area contributed by atoms with Crippen molar-refractivity contribution in [3.05, 3.63) is 58.3 Å². The van der Waals surface area contributed by atoms with Crippen molar-refractivity contribution in [1.82, 2.24) is 15.1 Å². The summed E-state index contributed by atoms with van der Waals surface area (Å²) in [4.78, 5) is 28.0. The van der Waals surface area contributed by atoms with Crippen LogP contribution in [-0.2, 0) is 12.4 Å². The van der Waals surface area contributed by atoms with Gasteiger partial charge < -0.3 is 25.0 Å². The number of nitrogens with zero attached hydrogens (tertiary/aromatic N) is 3. The number of carbonyl (C=O) groups is 2. The summed E-state index contributed by atoms with van der Waals surface area (Å²) in [6.45, 7) is 8.19. The van der Waals surface area contributed by atoms with Crippen LogP contribution >= 0.6 is 11.6 Å². The second-order valence-corrected chi connectivity index (χ2v) is 10.3. The molecule has 1 aromatic carbocycles. The largest absolute Gasteiger partial charge is 0.420 e. The lowest BCUT2D eigenvalue weighted by Crippen LogP contribution is -2.64. The Balaban J connectivity index is 0.00000277. The molecule has 8 nitrogen and oxygen atoms in total. The molecule has 48 heavy (non-hydrogen) atoms. The SMILES string of the molecule is CC.CC.[B]C([B])([B])N(C(=O)Oc1c(N2CCN(CC3(O)CNC3)C2=O)cc(C(F)(F)F)cc1C(F)(F)F)/C(C)=C/C=C(F)\C(Cl)=C\F. The Bertz CT molecular complexity index is 1400. The minimum absolute atomic E-state index is 0.0818. The number of β-amino-alcohol motifs (C(OH)–C–C–N with tert-alkyl or cyclic N) is 1. The fraction of sp³-hybridized carbons (Fsp3) is 0.500. The molecule has 20 heteroatoms. The number of nitrogens with one attached hydrogen (secondary N) is 1. The van der Waals surface area contributed by atoms with Gasteiger partial charge in [-0.15, -0.1) is 0 Å². The van der Waals surface area contributed by atoms with Crippen LogP contribution in [0.2, 0.25) is 0 Å². The monoisotopic (exact) mass is 708 g/mol. The molecule has 2 heterocycles. The van der Waals surface area contributed by atoms with Gasteiger partial charge in [-0.3, -0.25) is 4.90 Å². The van der Waals surface area contributed by atoms with Crippen molar-refractivity contribution >= 4 is 53.0 Å². The third-order valence-electron chi connectivity index (χ3n) is 6.39. The summed E-state index contributed by atoms with van der Waals surface area (Å²) in [5.41, 5.74) is -6.91. The maximum absolute atomic E-state index is 14.2. The van der Waals surface area contributed by atoms with Gasteiger partial charge in [-0.05, 0) is 31.2 Å². The Morgan fingerprint density at radius 3 is 2.06 bits per heavy atom. The van der Waals surface area contributed by atoms with Crippen LogP contribution in [0, 0.1) is 0 Å². The number of alkyl halides is 6. The van der Waals surface area contributed by atoms with Gasteiger partial charge in [-0.1, -0.05) is 44.5 Å². The maximum atomic E-state index is 14.2. The first-order valence-electron chi connectivity index (χ1n) is 14.3. The minimum atomic E-state index is -5.58. The van der Waals surface area contributed by atoms with Crippen molar-refractivity contribution in [3.63, 3.8) is 0 Å². The average Bonchev–Trinajstić information content (AvgIpc) is 3.33. The molecule has 2 aliphatic heterocycles. The van der Waals surface area contributed by atoms with E-state index in [4.69, 9.17) is 39.9 Å². The van der Waals surface area contributed by atoms with Crippen molar-refractivity contribution in [2.75, 3.05) is 37.6 Å². The van der Waals surface area contributed by atoms with Crippen LogP contribution < -0.4 is 15.0 Å². The van der Waals surface area contributed by atoms with Crippen LogP contribution in [0.3, 0.4) is 0 Å². The normalized spacial score (nSPS) is 17.1. The fourth-order valence-electron chi connectivity index (χ4n) is 4.27. The molecule has 0 aliphatic carbocycles. The van der Waals surface area contributed by atoms with E-state index >= 15 is 0 Å². The molecule has 3 rings (SSSR count). The summed E-state index contributed by atoms with van der Waals surface area (Å²) in [5, 5.41) is 9.39. The number of aliphatic hydroxyl groups is 1. The molecule has 2 fully saturated rings. The van der Waals surface area contributed by atoms with Gasteiger partial charge in [0.2, 0.25) is 0 Å². The Morgan fingerprint density at radius 1 is 1.06 bits per heavy atom. The Hall–Kier alpha value is -3.18. The third-order valence-corrected chi connectivity index (χ3v) is 6.65. The van der Waals surface area contributed by atoms with Crippen molar-refractivity contribution in [2.24, 2.45) is 0 Å². The quantitative estimate of drug-likeness (QED) is 0.195. The number of halogens is 9. The highest BCUT2D eigenvalue weighted by Gasteiger charge is 2.46. The molecule has 260 valence electrons. The van der Waals surface area contributed by atoms with Crippen LogP contribution in [0.1, 0.15) is 45.7 Å². The van der Waals surface area contributed by atoms with Crippen LogP contribution in [0.5, 0.6) is 5.75 Å². The molecule has 3 amide bonds. The lowest BCUT2D eigenvalue weighted by Gasteiger charge is -2.40. The van der Waals surface area contributed by atoms with Gasteiger partial charge in [0.15, 0.2) is 5.75 Å². The van der Waals surface area contributed by atoms with Gasteiger partial charge in [-0.2, -0.15) is 26.3 Å². The highest BCUT2D eigenvalue weighted by Crippen LogP contribution is 2.47. The Morgan fingerprint density at radius 2 is 1.62 bits per heavy atom. The number of amides is 3. The second kappa shape index (κ2) is 17.0. The molecule has 2 aliphatic rings. The number of rotatable bonds is 8. The topological polar surface area (TPSA) is 85.3 Å². The van der Waals surface area contributed by atoms with E-state index < -0.39 is 81.0 Å². The number of hydrogen-bond donors (Lipinski definition) is 2. The summed E-state index contributed by atoms with van der Waals surface area (Å²) >= 11 is 5.29. The van der Waals surface area contributed by atoms with Gasteiger partial charge >= 0.3 is 24.5 Å². The maximum Gasteiger partial charge on any atom is 0.420 e. The summed E-state index contributed by atoms with van der Waals surface area (Å²) in [7, 11) is 16.7. The molecule has 0 saturated carbocycles. The van der Waals surface area contributed by atoms with Gasteiger partial charge in [0.1, 0.15) is 28.4 Å². The molecule has 1 aromatic rings. The lowest BCUT2D eigenvalue weighted by molar-refractivity contribution is -0.143. The molecule has 0 spiro atoms. The second-order valence-electron chi connectivity index (χ2n) is 9.92. The summed E-state index contributed by atoms with van der Waals surface area (Å²) in [6, 6.07) is -1.24. The lowest BCUT2D eigenvalue weighted by atomic mass is 9.48. The average molecular weight is 708 g/mol. The number of carbonyl (C=O) groups excluding carboxylic acids is 2. The number of benzene rings is 1. The molecular formula is C28H32B3ClF8N4O4. The molecular weight excluding hydrogens is 676 g/mol. The first-order chi connectivity index (χ1) is 22.1. The number of anilines is 1. The zero-order valence-electron chi connectivity index (χ0n) is 26.6. The molecule has 2 saturated heterocycles. The third kappa shape index (κ3) is 10.7. The highest BCUT2D eigenvalue weighted by molar-refractivity contribution is 6.59. The van der Waals surface area contributed by atoms with Crippen molar-refractivity contribution in [1.29, 1.82) is 0 Å². The van der Waals surface area contributed by atoms with Crippen LogP contribution in [-0.4, -0.2) is 94.1 Å². The predicted molar refractivity (Wildman–Crippen MR) is 167 cm³/mol. The van der Waals surface area contributed by atoms with E-state index in [0.29, 0.717) is 17.1 Å². The van der Waals surface area contributed by atoms with E-state index in [9.17, 15) is 49.8 Å². The van der Waals surface area contributed by atoms with E-state index in [0.717, 1.165) is 11.8 Å². The van der Waals surface area contributed by atoms with Crippen LogP contribution in [0.15, 0.2) is 47.2 Å². The van der Waals surface area contributed by atoms with Gasteiger partial charge in [0, 0.05) is 31.9 Å². The summed E-state index contributed by atoms with van der Waals surface area (Å²) in [6.07, 6.45) is -11.9. The number of urea groups is 1. The van der Waals surface area contributed by atoms with E-state index in [1.54, 1.807) is 0 Å². The molecule has 0 unspecified atom stereocenters. The molecule has 6 radical (unpaired) electrons. The van der Waals surface area contributed by atoms with Gasteiger partial charge in [-0.25, -0.2) is 18.4 Å². The number of allylic oxidation sites excluding steroid dienone is 5. The Labute approximate surface area is 282 Å². The van der Waals surface area contributed by atoms with Crippen molar-refractivity contribution in [2.45, 2.75) is 57.8 Å². The van der Waals surface area contributed by atoms with Gasteiger partial charge in [0.05, 0.1) is 41.3 Å². The van der Waals surface area contributed by atoms with E-state index in [-0.39, 0.29) is 49.5 Å². The molecule has 0 aromatic heterocycles. The fourth-order valence-corrected chi connectivity index (χ4v) is 4.33. The van der Waals surface area contributed by atoms with Crippen molar-refractivity contribution in [3.8, 4) is 5.75 Å². The standard InChI is InChI=1S/C24H20B3ClF8N4O4.2C2H6/c1-12(2-3-16(30)15(28)8-29)40(24(25,26)27)20(42)44-18-14(23(34,35)36)6-13(22(31,32)33)7-17(18)39-5-4-38(19(39)41)11-21(43)9-37-10-21;2*1-2/h2-3,6-8,37,43H,4-5,9-11H2,1H3;2*1-2H3/b12-2+,15-8-,16-3+;;. The minimum Gasteiger partial charge on any atom is -0.407 e. The predicted octanol–water partition coefficient (Wildman–Crippen LogP) is 6.08. The first-order valence-corrected chi connectivity index (χ1v) is 14.7. The summed E-state index contributed by atoms with van der Waals surface area (Å²) in [5.74, 6) is -2.91. The zero-order chi connectivity index (χ0) is 37.4. The highest BCUT2D eigenvalue weighted by atomic mass is 35.5. The molecule has 2 N–H and O–H groups in total. The van der Waals surface area contributed by atoms with E-state index in [1.165, 1.54) is 0 Å². The number of hydrogen-bond acceptors (Lipinski definition) is 5. The van der Waals surface area contributed by atoms with E-state index in [2.05, 4.69) is 5.32 Å². The summed E-state index contributed by atoms with van der Waals surface area (Å²) < 4.78 is 115. The van der Waals surface area contributed by atoms with Crippen LogP contribution in [0.25, 0.3) is 0 Å². The molecule has 0 atom stereocenters.